The van der Waals surface area contributed by atoms with Gasteiger partial charge in [0.1, 0.15) is 18.1 Å². The molecule has 5 nitrogen and oxygen atoms in total. The summed E-state index contributed by atoms with van der Waals surface area (Å²) in [6.07, 6.45) is 2.71. The summed E-state index contributed by atoms with van der Waals surface area (Å²) in [6, 6.07) is 2.83. The Morgan fingerprint density at radius 2 is 2.35 bits per heavy atom. The second kappa shape index (κ2) is 4.92. The molecule has 0 spiro atoms. The van der Waals surface area contributed by atoms with E-state index in [0.717, 1.165) is 0 Å². The second-order valence-electron chi connectivity index (χ2n) is 3.07. The largest absolute Gasteiger partial charge is 0.432 e. The molecule has 0 radical (unpaired) electrons. The first-order valence-electron chi connectivity index (χ1n) is 4.63. The first kappa shape index (κ1) is 11.5. The molecule has 0 saturated carbocycles. The van der Waals surface area contributed by atoms with E-state index in [9.17, 15) is 9.18 Å². The van der Waals surface area contributed by atoms with Crippen molar-refractivity contribution in [1.82, 2.24) is 9.97 Å². The van der Waals surface area contributed by atoms with Crippen LogP contribution in [0.5, 0.6) is 0 Å². The number of oxazole rings is 1. The summed E-state index contributed by atoms with van der Waals surface area (Å²) in [5.41, 5.74) is 0.296. The third-order valence-corrected chi connectivity index (χ3v) is 2.23. The van der Waals surface area contributed by atoms with E-state index in [4.69, 9.17) is 16.0 Å². The zero-order valence-electron chi connectivity index (χ0n) is 8.48. The van der Waals surface area contributed by atoms with Crippen molar-refractivity contribution in [3.63, 3.8) is 0 Å². The van der Waals surface area contributed by atoms with E-state index in [1.807, 2.05) is 0 Å². The van der Waals surface area contributed by atoms with Crippen LogP contribution in [0.4, 0.5) is 10.4 Å². The Kier molecular flexibility index (Phi) is 3.34. The molecule has 2 rings (SSSR count). The Morgan fingerprint density at radius 3 is 2.94 bits per heavy atom. The quantitative estimate of drug-likeness (QED) is 0.856. The standard InChI is InChI=1S/C10H7ClFN3O2/c11-8-7(2-1-6(5-12)14-8)9(16)15-10-13-3-4-17-10/h1-4H,5H2,(H,13,15,16). The molecule has 2 aromatic rings. The third kappa shape index (κ3) is 2.59. The minimum Gasteiger partial charge on any atom is -0.432 e. The molecule has 0 saturated heterocycles. The number of rotatable bonds is 3. The summed E-state index contributed by atoms with van der Waals surface area (Å²) in [5.74, 6) is -0.518. The molecule has 0 atom stereocenters. The van der Waals surface area contributed by atoms with Gasteiger partial charge in [0.25, 0.3) is 5.91 Å². The average molecular weight is 256 g/mol. The van der Waals surface area contributed by atoms with E-state index in [-0.39, 0.29) is 22.4 Å². The van der Waals surface area contributed by atoms with Crippen molar-refractivity contribution in [2.24, 2.45) is 0 Å². The third-order valence-electron chi connectivity index (χ3n) is 1.94. The molecule has 0 bridgehead atoms. The smallest absolute Gasteiger partial charge is 0.301 e. The summed E-state index contributed by atoms with van der Waals surface area (Å²) in [6.45, 7) is -0.735. The van der Waals surface area contributed by atoms with Crippen LogP contribution in [-0.2, 0) is 6.67 Å². The van der Waals surface area contributed by atoms with Crippen LogP contribution in [0.2, 0.25) is 5.15 Å². The van der Waals surface area contributed by atoms with Crippen molar-refractivity contribution in [2.75, 3.05) is 5.32 Å². The van der Waals surface area contributed by atoms with Crippen LogP contribution in [0, 0.1) is 0 Å². The molecule has 0 aliphatic rings. The van der Waals surface area contributed by atoms with Gasteiger partial charge < -0.3 is 4.42 Å². The van der Waals surface area contributed by atoms with E-state index in [1.165, 1.54) is 24.6 Å². The SMILES string of the molecule is O=C(Nc1ncco1)c1ccc(CF)nc1Cl. The fourth-order valence-electron chi connectivity index (χ4n) is 1.17. The number of nitrogens with one attached hydrogen (secondary N) is 1. The topological polar surface area (TPSA) is 68.0 Å². The molecule has 17 heavy (non-hydrogen) atoms. The van der Waals surface area contributed by atoms with E-state index in [2.05, 4.69) is 15.3 Å². The lowest BCUT2D eigenvalue weighted by atomic mass is 10.2. The van der Waals surface area contributed by atoms with Crippen molar-refractivity contribution in [3.8, 4) is 0 Å². The van der Waals surface area contributed by atoms with Gasteiger partial charge in [0.15, 0.2) is 0 Å². The van der Waals surface area contributed by atoms with Crippen LogP contribution in [0.25, 0.3) is 0 Å². The van der Waals surface area contributed by atoms with Gasteiger partial charge in [0.05, 0.1) is 17.5 Å². The number of nitrogens with zero attached hydrogens (tertiary/aromatic N) is 2. The highest BCUT2D eigenvalue weighted by Gasteiger charge is 2.13. The lowest BCUT2D eigenvalue weighted by Gasteiger charge is -2.03. The Balaban J connectivity index is 2.19. The van der Waals surface area contributed by atoms with Gasteiger partial charge in [-0.2, -0.15) is 0 Å². The number of hydrogen-bond donors (Lipinski definition) is 1. The van der Waals surface area contributed by atoms with E-state index < -0.39 is 12.6 Å². The van der Waals surface area contributed by atoms with Gasteiger partial charge in [-0.1, -0.05) is 11.6 Å². The molecular weight excluding hydrogens is 249 g/mol. The number of aromatic nitrogens is 2. The molecule has 0 aliphatic heterocycles. The number of carbonyl (C=O) groups is 1. The minimum absolute atomic E-state index is 0.0561. The van der Waals surface area contributed by atoms with Gasteiger partial charge in [0.2, 0.25) is 0 Å². The Morgan fingerprint density at radius 1 is 1.53 bits per heavy atom. The molecule has 2 aromatic heterocycles. The van der Waals surface area contributed by atoms with Crippen molar-refractivity contribution in [3.05, 3.63) is 41.0 Å². The highest BCUT2D eigenvalue weighted by molar-refractivity contribution is 6.33. The minimum atomic E-state index is -0.735. The molecule has 0 unspecified atom stereocenters. The Hall–Kier alpha value is -1.95. The van der Waals surface area contributed by atoms with Gasteiger partial charge in [-0.3, -0.25) is 10.1 Å². The molecule has 7 heteroatoms. The van der Waals surface area contributed by atoms with Crippen molar-refractivity contribution in [2.45, 2.75) is 6.67 Å². The number of hydrogen-bond acceptors (Lipinski definition) is 4. The molecule has 2 heterocycles. The molecule has 0 aromatic carbocycles. The predicted octanol–water partition coefficient (Wildman–Crippen LogP) is 2.44. The van der Waals surface area contributed by atoms with E-state index in [0.29, 0.717) is 0 Å². The van der Waals surface area contributed by atoms with Gasteiger partial charge >= 0.3 is 6.01 Å². The molecule has 0 aliphatic carbocycles. The van der Waals surface area contributed by atoms with Crippen LogP contribution in [0.1, 0.15) is 16.1 Å². The van der Waals surface area contributed by atoms with Crippen LogP contribution in [0.15, 0.2) is 29.0 Å². The number of pyridine rings is 1. The molecule has 88 valence electrons. The summed E-state index contributed by atoms with van der Waals surface area (Å²) < 4.78 is 17.1. The predicted molar refractivity (Wildman–Crippen MR) is 58.5 cm³/mol. The molecule has 1 N–H and O–H groups in total. The van der Waals surface area contributed by atoms with Gasteiger partial charge in [-0.05, 0) is 12.1 Å². The number of amides is 1. The molecule has 0 fully saturated rings. The molecular formula is C10H7ClFN3O2. The fourth-order valence-corrected chi connectivity index (χ4v) is 1.42. The number of halogens is 2. The first-order valence-corrected chi connectivity index (χ1v) is 5.00. The fraction of sp³-hybridized carbons (Fsp3) is 0.100. The summed E-state index contributed by atoms with van der Waals surface area (Å²) in [4.78, 5) is 19.1. The number of carbonyl (C=O) groups excluding carboxylic acids is 1. The van der Waals surface area contributed by atoms with Crippen LogP contribution >= 0.6 is 11.6 Å². The van der Waals surface area contributed by atoms with Gasteiger partial charge in [-0.15, -0.1) is 0 Å². The van der Waals surface area contributed by atoms with Gasteiger partial charge in [0, 0.05) is 0 Å². The lowest BCUT2D eigenvalue weighted by Crippen LogP contribution is -2.13. The van der Waals surface area contributed by atoms with Crippen molar-refractivity contribution < 1.29 is 13.6 Å². The summed E-state index contributed by atoms with van der Waals surface area (Å²) in [7, 11) is 0. The van der Waals surface area contributed by atoms with Crippen molar-refractivity contribution in [1.29, 1.82) is 0 Å². The van der Waals surface area contributed by atoms with E-state index in [1.54, 1.807) is 0 Å². The Bertz CT molecular complexity index is 530. The van der Waals surface area contributed by atoms with Crippen LogP contribution in [-0.4, -0.2) is 15.9 Å². The average Bonchev–Trinajstić information content (AvgIpc) is 2.81. The number of anilines is 1. The summed E-state index contributed by atoms with van der Waals surface area (Å²) >= 11 is 5.75. The van der Waals surface area contributed by atoms with Gasteiger partial charge in [-0.25, -0.2) is 14.4 Å². The Labute approximate surface area is 101 Å². The number of alkyl halides is 1. The maximum absolute atomic E-state index is 12.3. The molecule has 1 amide bonds. The second-order valence-corrected chi connectivity index (χ2v) is 3.42. The first-order chi connectivity index (χ1) is 8.20. The maximum atomic E-state index is 12.3. The highest BCUT2D eigenvalue weighted by Crippen LogP contribution is 2.16. The maximum Gasteiger partial charge on any atom is 0.301 e. The zero-order chi connectivity index (χ0) is 12.3. The van der Waals surface area contributed by atoms with E-state index >= 15 is 0 Å². The van der Waals surface area contributed by atoms with Crippen molar-refractivity contribution >= 4 is 23.5 Å². The highest BCUT2D eigenvalue weighted by atomic mass is 35.5. The van der Waals surface area contributed by atoms with Crippen LogP contribution < -0.4 is 5.32 Å². The normalized spacial score (nSPS) is 10.2. The lowest BCUT2D eigenvalue weighted by molar-refractivity contribution is 0.102. The monoisotopic (exact) mass is 255 g/mol. The zero-order valence-corrected chi connectivity index (χ0v) is 9.24. The summed E-state index contributed by atoms with van der Waals surface area (Å²) in [5, 5.41) is 2.32. The van der Waals surface area contributed by atoms with Crippen LogP contribution in [0.3, 0.4) is 0 Å².